The minimum atomic E-state index is 0.529. The first kappa shape index (κ1) is 18.4. The van der Waals surface area contributed by atoms with E-state index in [2.05, 4.69) is 23.8 Å². The summed E-state index contributed by atoms with van der Waals surface area (Å²) in [5, 5.41) is 0. The molecule has 2 aromatic rings. The molecule has 1 unspecified atom stereocenters. The maximum atomic E-state index is 5.18. The van der Waals surface area contributed by atoms with Crippen LogP contribution in [0, 0.1) is 0 Å². The Morgan fingerprint density at radius 3 is 2.17 bits per heavy atom. The standard InChI is InChI=1S/C21H30N2O/c1-4-5-6-7-8-9-10-17(2)19-15-22-21(23-16-19)18-11-13-20(24-3)14-12-18/h11-17H,4-10H2,1-3H3. The maximum absolute atomic E-state index is 5.18. The summed E-state index contributed by atoms with van der Waals surface area (Å²) in [6.45, 7) is 4.54. The summed E-state index contributed by atoms with van der Waals surface area (Å²) in [5.41, 5.74) is 2.26. The number of hydrogen-bond acceptors (Lipinski definition) is 3. The smallest absolute Gasteiger partial charge is 0.159 e. The minimum absolute atomic E-state index is 0.529. The van der Waals surface area contributed by atoms with E-state index < -0.39 is 0 Å². The lowest BCUT2D eigenvalue weighted by Gasteiger charge is -2.11. The third-order valence-corrected chi connectivity index (χ3v) is 4.58. The highest BCUT2D eigenvalue weighted by molar-refractivity contribution is 5.55. The Morgan fingerprint density at radius 1 is 0.917 bits per heavy atom. The molecule has 0 N–H and O–H groups in total. The molecule has 0 saturated heterocycles. The second kappa shape index (κ2) is 10.1. The second-order valence-electron chi connectivity index (χ2n) is 6.53. The lowest BCUT2D eigenvalue weighted by atomic mass is 9.97. The third-order valence-electron chi connectivity index (χ3n) is 4.58. The van der Waals surface area contributed by atoms with Gasteiger partial charge in [0, 0.05) is 18.0 Å². The number of nitrogens with zero attached hydrogens (tertiary/aromatic N) is 2. The zero-order valence-corrected chi connectivity index (χ0v) is 15.3. The van der Waals surface area contributed by atoms with Crippen molar-refractivity contribution in [2.75, 3.05) is 7.11 Å². The van der Waals surface area contributed by atoms with Gasteiger partial charge in [0.2, 0.25) is 0 Å². The average molecular weight is 326 g/mol. The van der Waals surface area contributed by atoms with E-state index in [0.717, 1.165) is 17.1 Å². The Kier molecular flexibility index (Phi) is 7.73. The highest BCUT2D eigenvalue weighted by Gasteiger charge is 2.08. The quantitative estimate of drug-likeness (QED) is 0.502. The van der Waals surface area contributed by atoms with E-state index >= 15 is 0 Å². The van der Waals surface area contributed by atoms with Gasteiger partial charge in [0.05, 0.1) is 7.11 Å². The van der Waals surface area contributed by atoms with Crippen LogP contribution in [0.2, 0.25) is 0 Å². The number of rotatable bonds is 10. The molecule has 0 aliphatic heterocycles. The van der Waals surface area contributed by atoms with E-state index in [-0.39, 0.29) is 0 Å². The normalized spacial score (nSPS) is 12.1. The molecule has 1 aromatic heterocycles. The molecule has 3 nitrogen and oxygen atoms in total. The van der Waals surface area contributed by atoms with Crippen molar-refractivity contribution in [3.05, 3.63) is 42.2 Å². The molecule has 2 rings (SSSR count). The fraction of sp³-hybridized carbons (Fsp3) is 0.524. The fourth-order valence-corrected chi connectivity index (χ4v) is 2.88. The van der Waals surface area contributed by atoms with Gasteiger partial charge in [-0.2, -0.15) is 0 Å². The molecule has 0 aliphatic carbocycles. The Hall–Kier alpha value is -1.90. The first-order valence-electron chi connectivity index (χ1n) is 9.21. The lowest BCUT2D eigenvalue weighted by Crippen LogP contribution is -1.98. The molecule has 0 bridgehead atoms. The minimum Gasteiger partial charge on any atom is -0.497 e. The van der Waals surface area contributed by atoms with Gasteiger partial charge in [-0.05, 0) is 42.2 Å². The number of unbranched alkanes of at least 4 members (excludes halogenated alkanes) is 5. The van der Waals surface area contributed by atoms with Crippen LogP contribution >= 0.6 is 0 Å². The van der Waals surface area contributed by atoms with Crippen molar-refractivity contribution in [1.82, 2.24) is 9.97 Å². The van der Waals surface area contributed by atoms with Gasteiger partial charge in [-0.25, -0.2) is 9.97 Å². The van der Waals surface area contributed by atoms with E-state index in [1.807, 2.05) is 36.7 Å². The molecule has 0 fully saturated rings. The molecule has 24 heavy (non-hydrogen) atoms. The van der Waals surface area contributed by atoms with E-state index in [1.165, 1.54) is 50.5 Å². The number of hydrogen-bond donors (Lipinski definition) is 0. The van der Waals surface area contributed by atoms with Gasteiger partial charge in [-0.1, -0.05) is 52.4 Å². The maximum Gasteiger partial charge on any atom is 0.159 e. The monoisotopic (exact) mass is 326 g/mol. The number of ether oxygens (including phenoxy) is 1. The van der Waals surface area contributed by atoms with Gasteiger partial charge < -0.3 is 4.74 Å². The highest BCUT2D eigenvalue weighted by Crippen LogP contribution is 2.23. The van der Waals surface area contributed by atoms with Crippen molar-refractivity contribution in [2.45, 2.75) is 64.7 Å². The van der Waals surface area contributed by atoms with Gasteiger partial charge >= 0.3 is 0 Å². The summed E-state index contributed by atoms with van der Waals surface area (Å²) in [5.74, 6) is 2.15. The lowest BCUT2D eigenvalue weighted by molar-refractivity contribution is 0.415. The van der Waals surface area contributed by atoms with Gasteiger partial charge in [-0.3, -0.25) is 0 Å². The van der Waals surface area contributed by atoms with Crippen molar-refractivity contribution < 1.29 is 4.74 Å². The van der Waals surface area contributed by atoms with Gasteiger partial charge in [0.1, 0.15) is 5.75 Å². The van der Waals surface area contributed by atoms with E-state index in [4.69, 9.17) is 4.74 Å². The molecule has 1 heterocycles. The molecule has 0 amide bonds. The SMILES string of the molecule is CCCCCCCCC(C)c1cnc(-c2ccc(OC)cc2)nc1. The van der Waals surface area contributed by atoms with Gasteiger partial charge in [0.25, 0.3) is 0 Å². The van der Waals surface area contributed by atoms with Crippen molar-refractivity contribution in [2.24, 2.45) is 0 Å². The second-order valence-corrected chi connectivity index (χ2v) is 6.53. The van der Waals surface area contributed by atoms with Crippen LogP contribution in [0.4, 0.5) is 0 Å². The number of methoxy groups -OCH3 is 1. The topological polar surface area (TPSA) is 35.0 Å². The largest absolute Gasteiger partial charge is 0.497 e. The summed E-state index contributed by atoms with van der Waals surface area (Å²) < 4.78 is 5.18. The van der Waals surface area contributed by atoms with Crippen LogP contribution in [0.1, 0.15) is 70.3 Å². The van der Waals surface area contributed by atoms with Crippen molar-refractivity contribution in [3.63, 3.8) is 0 Å². The Bertz CT molecular complexity index is 578. The van der Waals surface area contributed by atoms with Crippen LogP contribution < -0.4 is 4.74 Å². The molecule has 0 spiro atoms. The summed E-state index contributed by atoms with van der Waals surface area (Å²) in [7, 11) is 1.67. The Labute approximate surface area is 146 Å². The van der Waals surface area contributed by atoms with E-state index in [9.17, 15) is 0 Å². The first-order valence-corrected chi connectivity index (χ1v) is 9.21. The average Bonchev–Trinajstić information content (AvgIpc) is 2.64. The van der Waals surface area contributed by atoms with Crippen molar-refractivity contribution in [1.29, 1.82) is 0 Å². The molecule has 0 saturated carbocycles. The van der Waals surface area contributed by atoms with E-state index in [0.29, 0.717) is 5.92 Å². The predicted octanol–water partition coefficient (Wildman–Crippen LogP) is 6.01. The van der Waals surface area contributed by atoms with Crippen LogP contribution in [0.15, 0.2) is 36.7 Å². The molecule has 1 aromatic carbocycles. The molecule has 0 radical (unpaired) electrons. The summed E-state index contributed by atoms with van der Waals surface area (Å²) in [6.07, 6.45) is 13.3. The van der Waals surface area contributed by atoms with Crippen LogP contribution in [-0.2, 0) is 0 Å². The van der Waals surface area contributed by atoms with Crippen LogP contribution in [0.5, 0.6) is 5.75 Å². The molecular weight excluding hydrogens is 296 g/mol. The molecule has 3 heteroatoms. The molecule has 1 atom stereocenters. The zero-order chi connectivity index (χ0) is 17.2. The van der Waals surface area contributed by atoms with Crippen LogP contribution in [-0.4, -0.2) is 17.1 Å². The van der Waals surface area contributed by atoms with Crippen molar-refractivity contribution >= 4 is 0 Å². The van der Waals surface area contributed by atoms with E-state index in [1.54, 1.807) is 7.11 Å². The first-order chi connectivity index (χ1) is 11.7. The fourth-order valence-electron chi connectivity index (χ4n) is 2.88. The molecule has 0 aliphatic rings. The number of benzene rings is 1. The highest BCUT2D eigenvalue weighted by atomic mass is 16.5. The molecule has 130 valence electrons. The third kappa shape index (κ3) is 5.63. The Balaban J connectivity index is 1.84. The predicted molar refractivity (Wildman–Crippen MR) is 100 cm³/mol. The van der Waals surface area contributed by atoms with Crippen LogP contribution in [0.25, 0.3) is 11.4 Å². The van der Waals surface area contributed by atoms with Gasteiger partial charge in [-0.15, -0.1) is 0 Å². The zero-order valence-electron chi connectivity index (χ0n) is 15.3. The number of aromatic nitrogens is 2. The van der Waals surface area contributed by atoms with Crippen molar-refractivity contribution in [3.8, 4) is 17.1 Å². The Morgan fingerprint density at radius 2 is 1.54 bits per heavy atom. The summed E-state index contributed by atoms with van der Waals surface area (Å²) >= 11 is 0. The van der Waals surface area contributed by atoms with Crippen LogP contribution in [0.3, 0.4) is 0 Å². The molecular formula is C21H30N2O. The van der Waals surface area contributed by atoms with Gasteiger partial charge in [0.15, 0.2) is 5.82 Å². The summed E-state index contributed by atoms with van der Waals surface area (Å²) in [6, 6.07) is 7.86. The summed E-state index contributed by atoms with van der Waals surface area (Å²) in [4.78, 5) is 9.08.